The van der Waals surface area contributed by atoms with Crippen molar-refractivity contribution < 1.29 is 14.4 Å². The summed E-state index contributed by atoms with van der Waals surface area (Å²) >= 11 is 2.25. The average molecular weight is 511 g/mol. The van der Waals surface area contributed by atoms with Crippen LogP contribution in [0, 0.1) is 17.4 Å². The van der Waals surface area contributed by atoms with Crippen molar-refractivity contribution in [2.24, 2.45) is 0 Å². The Morgan fingerprint density at radius 2 is 1.57 bits per heavy atom. The predicted octanol–water partition coefficient (Wildman–Crippen LogP) is 4.37. The second-order valence-electron chi connectivity index (χ2n) is 6.93. The van der Waals surface area contributed by atoms with E-state index in [9.17, 15) is 14.4 Å². The molecule has 0 atom stereocenters. The third-order valence-electron chi connectivity index (χ3n) is 4.97. The summed E-state index contributed by atoms with van der Waals surface area (Å²) in [5.41, 5.74) is 3.93. The molecule has 150 valence electrons. The number of carbonyl (C=O) groups excluding carboxylic acids is 3. The van der Waals surface area contributed by atoms with E-state index >= 15 is 0 Å². The van der Waals surface area contributed by atoms with E-state index in [2.05, 4.69) is 32.5 Å². The molecule has 1 N–H and O–H groups in total. The standard InChI is InChI=1S/C23H18IN3O3/c1-14-12-16(15(2)26(14)19-10-8-17(24)9-11-19)13-20-21(28)25-23(30)27(22(20)29)18-6-4-3-5-7-18/h3-13H,1-2H3,(H,25,28,30)/b20-13-. The number of carbonyl (C=O) groups is 3. The third-order valence-corrected chi connectivity index (χ3v) is 5.69. The van der Waals surface area contributed by atoms with Gasteiger partial charge in [0.15, 0.2) is 0 Å². The van der Waals surface area contributed by atoms with Gasteiger partial charge in [0.1, 0.15) is 5.57 Å². The first-order valence-electron chi connectivity index (χ1n) is 9.28. The van der Waals surface area contributed by atoms with E-state index in [0.29, 0.717) is 5.69 Å². The fourth-order valence-electron chi connectivity index (χ4n) is 3.55. The summed E-state index contributed by atoms with van der Waals surface area (Å²) in [6.07, 6.45) is 1.55. The normalized spacial score (nSPS) is 15.6. The van der Waals surface area contributed by atoms with E-state index in [1.165, 1.54) is 0 Å². The molecular formula is C23H18IN3O3. The van der Waals surface area contributed by atoms with Crippen LogP contribution in [0.1, 0.15) is 17.0 Å². The molecule has 4 amide bonds. The Bertz CT molecular complexity index is 1190. The lowest BCUT2D eigenvalue weighted by atomic mass is 10.1. The lowest BCUT2D eigenvalue weighted by molar-refractivity contribution is -0.122. The first-order chi connectivity index (χ1) is 14.4. The van der Waals surface area contributed by atoms with Crippen molar-refractivity contribution in [2.45, 2.75) is 13.8 Å². The zero-order valence-electron chi connectivity index (χ0n) is 16.3. The van der Waals surface area contributed by atoms with Crippen LogP contribution in [-0.4, -0.2) is 22.4 Å². The predicted molar refractivity (Wildman–Crippen MR) is 123 cm³/mol. The molecule has 6 nitrogen and oxygen atoms in total. The number of nitrogens with zero attached hydrogens (tertiary/aromatic N) is 2. The minimum Gasteiger partial charge on any atom is -0.318 e. The molecule has 7 heteroatoms. The van der Waals surface area contributed by atoms with Gasteiger partial charge in [-0.25, -0.2) is 9.69 Å². The number of para-hydroxylation sites is 1. The van der Waals surface area contributed by atoms with Crippen molar-refractivity contribution in [1.29, 1.82) is 0 Å². The Hall–Kier alpha value is -3.20. The van der Waals surface area contributed by atoms with E-state index in [1.807, 2.05) is 44.2 Å². The summed E-state index contributed by atoms with van der Waals surface area (Å²) in [4.78, 5) is 38.8. The number of nitrogens with one attached hydrogen (secondary N) is 1. The van der Waals surface area contributed by atoms with Crippen molar-refractivity contribution in [1.82, 2.24) is 9.88 Å². The zero-order chi connectivity index (χ0) is 21.4. The summed E-state index contributed by atoms with van der Waals surface area (Å²) in [7, 11) is 0. The molecule has 3 aromatic rings. The fourth-order valence-corrected chi connectivity index (χ4v) is 3.91. The molecule has 0 bridgehead atoms. The number of aryl methyl sites for hydroxylation is 1. The second kappa shape index (κ2) is 7.91. The maximum atomic E-state index is 13.0. The highest BCUT2D eigenvalue weighted by molar-refractivity contribution is 14.1. The molecule has 0 aliphatic carbocycles. The van der Waals surface area contributed by atoms with E-state index in [1.54, 1.807) is 36.4 Å². The maximum absolute atomic E-state index is 13.0. The number of benzene rings is 2. The highest BCUT2D eigenvalue weighted by Crippen LogP contribution is 2.26. The van der Waals surface area contributed by atoms with Gasteiger partial charge in [-0.1, -0.05) is 18.2 Å². The number of amides is 4. The van der Waals surface area contributed by atoms with Gasteiger partial charge in [-0.05, 0) is 90.5 Å². The summed E-state index contributed by atoms with van der Waals surface area (Å²) < 4.78 is 3.20. The van der Waals surface area contributed by atoms with Crippen LogP contribution in [0.2, 0.25) is 0 Å². The Balaban J connectivity index is 1.76. The Morgan fingerprint density at radius 1 is 0.900 bits per heavy atom. The summed E-state index contributed by atoms with van der Waals surface area (Å²) in [6.45, 7) is 3.90. The highest BCUT2D eigenvalue weighted by Gasteiger charge is 2.36. The van der Waals surface area contributed by atoms with Crippen LogP contribution in [0.5, 0.6) is 0 Å². The number of halogens is 1. The van der Waals surface area contributed by atoms with Gasteiger partial charge in [0, 0.05) is 20.6 Å². The van der Waals surface area contributed by atoms with Crippen LogP contribution in [0.3, 0.4) is 0 Å². The van der Waals surface area contributed by atoms with Crippen molar-refractivity contribution in [3.05, 3.63) is 86.8 Å². The second-order valence-corrected chi connectivity index (χ2v) is 8.18. The van der Waals surface area contributed by atoms with Crippen molar-refractivity contribution in [2.75, 3.05) is 4.90 Å². The van der Waals surface area contributed by atoms with Gasteiger partial charge in [-0.15, -0.1) is 0 Å². The third kappa shape index (κ3) is 3.56. The Morgan fingerprint density at radius 3 is 2.23 bits per heavy atom. The van der Waals surface area contributed by atoms with Crippen LogP contribution in [0.15, 0.2) is 66.2 Å². The highest BCUT2D eigenvalue weighted by atomic mass is 127. The van der Waals surface area contributed by atoms with E-state index in [0.717, 1.165) is 31.1 Å². The van der Waals surface area contributed by atoms with Gasteiger partial charge in [-0.2, -0.15) is 0 Å². The zero-order valence-corrected chi connectivity index (χ0v) is 18.5. The van der Waals surface area contributed by atoms with Crippen LogP contribution >= 0.6 is 22.6 Å². The number of barbiturate groups is 1. The summed E-state index contributed by atoms with van der Waals surface area (Å²) in [6, 6.07) is 17.8. The molecule has 2 heterocycles. The minimum atomic E-state index is -0.752. The first kappa shape index (κ1) is 20.1. The lowest BCUT2D eigenvalue weighted by Gasteiger charge is -2.26. The van der Waals surface area contributed by atoms with Gasteiger partial charge in [0.05, 0.1) is 5.69 Å². The van der Waals surface area contributed by atoms with Crippen LogP contribution < -0.4 is 10.2 Å². The van der Waals surface area contributed by atoms with Crippen LogP contribution in [0.4, 0.5) is 10.5 Å². The number of hydrogen-bond donors (Lipinski definition) is 1. The van der Waals surface area contributed by atoms with E-state index in [-0.39, 0.29) is 5.57 Å². The summed E-state index contributed by atoms with van der Waals surface area (Å²) in [5.74, 6) is -1.34. The van der Waals surface area contributed by atoms with Gasteiger partial charge in [0.25, 0.3) is 11.8 Å². The van der Waals surface area contributed by atoms with Gasteiger partial charge in [-0.3, -0.25) is 14.9 Å². The molecule has 0 radical (unpaired) electrons. The minimum absolute atomic E-state index is 0.0821. The number of rotatable bonds is 3. The lowest BCUT2D eigenvalue weighted by Crippen LogP contribution is -2.54. The maximum Gasteiger partial charge on any atom is 0.335 e. The SMILES string of the molecule is Cc1cc(/C=C2/C(=O)NC(=O)N(c3ccccc3)C2=O)c(C)n1-c1ccc(I)cc1. The molecule has 1 fully saturated rings. The molecular weight excluding hydrogens is 493 g/mol. The van der Waals surface area contributed by atoms with Gasteiger partial charge < -0.3 is 4.57 Å². The molecule has 4 rings (SSSR count). The summed E-state index contributed by atoms with van der Waals surface area (Å²) in [5, 5.41) is 2.26. The topological polar surface area (TPSA) is 71.4 Å². The molecule has 30 heavy (non-hydrogen) atoms. The monoisotopic (exact) mass is 511 g/mol. The van der Waals surface area contributed by atoms with Crippen molar-refractivity contribution in [3.8, 4) is 5.69 Å². The van der Waals surface area contributed by atoms with E-state index in [4.69, 9.17) is 0 Å². The number of anilines is 1. The number of imide groups is 2. The number of urea groups is 1. The smallest absolute Gasteiger partial charge is 0.318 e. The molecule has 1 aliphatic heterocycles. The number of aromatic nitrogens is 1. The van der Waals surface area contributed by atoms with Gasteiger partial charge in [0.2, 0.25) is 0 Å². The fraction of sp³-hybridized carbons (Fsp3) is 0.0870. The first-order valence-corrected chi connectivity index (χ1v) is 10.4. The molecule has 0 saturated carbocycles. The van der Waals surface area contributed by atoms with Crippen molar-refractivity contribution >= 4 is 52.2 Å². The van der Waals surface area contributed by atoms with E-state index < -0.39 is 17.8 Å². The van der Waals surface area contributed by atoms with Gasteiger partial charge >= 0.3 is 6.03 Å². The molecule has 1 aliphatic rings. The molecule has 0 unspecified atom stereocenters. The Labute approximate surface area is 187 Å². The molecule has 0 spiro atoms. The molecule has 2 aromatic carbocycles. The van der Waals surface area contributed by atoms with Crippen LogP contribution in [0.25, 0.3) is 11.8 Å². The number of hydrogen-bond acceptors (Lipinski definition) is 3. The Kier molecular flexibility index (Phi) is 5.29. The molecule has 1 saturated heterocycles. The quantitative estimate of drug-likeness (QED) is 0.323. The molecule has 1 aromatic heterocycles. The van der Waals surface area contributed by atoms with Crippen molar-refractivity contribution in [3.63, 3.8) is 0 Å². The van der Waals surface area contributed by atoms with Crippen LogP contribution in [-0.2, 0) is 9.59 Å². The average Bonchev–Trinajstić information content (AvgIpc) is 3.00. The largest absolute Gasteiger partial charge is 0.335 e.